The number of carboxylic acids is 1. The number of methoxy groups -OCH3 is 1. The number of nitrogens with one attached hydrogen (secondary N) is 9. The Labute approximate surface area is 692 Å². The summed E-state index contributed by atoms with van der Waals surface area (Å²) < 4.78 is 55.0. The van der Waals surface area contributed by atoms with Gasteiger partial charge in [-0.25, -0.2) is 17.9 Å². The van der Waals surface area contributed by atoms with Crippen LogP contribution < -0.4 is 61.5 Å². The first-order valence-electron chi connectivity index (χ1n) is 40.0. The van der Waals surface area contributed by atoms with E-state index in [2.05, 4.69) is 57.6 Å². The minimum absolute atomic E-state index is 0.0252. The number of benzene rings is 6. The average Bonchev–Trinajstić information content (AvgIpc) is 1.66. The topological polar surface area (TPSA) is 407 Å². The number of rotatable bonds is 18. The molecule has 2 saturated heterocycles. The van der Waals surface area contributed by atoms with Crippen LogP contribution in [0.1, 0.15) is 115 Å². The van der Waals surface area contributed by atoms with Gasteiger partial charge in [-0.3, -0.25) is 47.9 Å². The number of likely N-dealkylation sites (tertiary alicyclic amines) is 2. The lowest BCUT2D eigenvalue weighted by atomic mass is 9.85. The van der Waals surface area contributed by atoms with Gasteiger partial charge < -0.3 is 76.4 Å². The fourth-order valence-corrected chi connectivity index (χ4v) is 15.8. The van der Waals surface area contributed by atoms with Crippen LogP contribution in [0.2, 0.25) is 0 Å². The summed E-state index contributed by atoms with van der Waals surface area (Å²) in [6.45, 7) is 13.5. The summed E-state index contributed by atoms with van der Waals surface area (Å²) in [4.78, 5) is 149. The van der Waals surface area contributed by atoms with Crippen LogP contribution in [0.25, 0.3) is 21.9 Å². The molecular formula is C87H108N14O17S. The minimum atomic E-state index is -4.20. The van der Waals surface area contributed by atoms with Crippen molar-refractivity contribution in [3.8, 4) is 28.4 Å². The molecular weight excluding hydrogens is 1550 g/mol. The first-order chi connectivity index (χ1) is 56.6. The van der Waals surface area contributed by atoms with E-state index < -0.39 is 158 Å². The van der Waals surface area contributed by atoms with Crippen molar-refractivity contribution in [2.45, 2.75) is 191 Å². The van der Waals surface area contributed by atoms with E-state index in [0.29, 0.717) is 58.0 Å². The van der Waals surface area contributed by atoms with Gasteiger partial charge in [0.15, 0.2) is 0 Å². The lowest BCUT2D eigenvalue weighted by Crippen LogP contribution is -2.61. The van der Waals surface area contributed by atoms with Crippen LogP contribution in [0.4, 0.5) is 0 Å². The number of sulfonamides is 1. The van der Waals surface area contributed by atoms with Gasteiger partial charge in [0.1, 0.15) is 84.5 Å². The quantitative estimate of drug-likeness (QED) is 0.0508. The first-order valence-corrected chi connectivity index (χ1v) is 41.6. The molecule has 9 amide bonds. The smallest absolute Gasteiger partial charge is 0.326 e. The minimum Gasteiger partial charge on any atom is -0.497 e. The molecule has 32 heteroatoms. The molecule has 14 rings (SSSR count). The van der Waals surface area contributed by atoms with E-state index in [4.69, 9.17) is 18.9 Å². The van der Waals surface area contributed by atoms with Gasteiger partial charge in [-0.05, 0) is 138 Å². The van der Waals surface area contributed by atoms with Crippen molar-refractivity contribution in [2.24, 2.45) is 10.8 Å². The second-order valence-electron chi connectivity index (χ2n) is 33.0. The van der Waals surface area contributed by atoms with E-state index in [-0.39, 0.29) is 71.4 Å². The normalized spacial score (nSPS) is 22.1. The van der Waals surface area contributed by atoms with Crippen molar-refractivity contribution in [1.82, 2.24) is 72.1 Å². The van der Waals surface area contributed by atoms with Gasteiger partial charge in [-0.15, -0.1) is 5.10 Å². The molecule has 7 heterocycles. The van der Waals surface area contributed by atoms with Crippen LogP contribution in [0, 0.1) is 10.8 Å². The molecule has 634 valence electrons. The van der Waals surface area contributed by atoms with Crippen LogP contribution in [-0.4, -0.2) is 217 Å². The molecule has 0 radical (unpaired) electrons. The number of carbonyl (C=O) groups excluding carboxylic acids is 9. The number of ether oxygens (including phenoxy) is 4. The predicted octanol–water partition coefficient (Wildman–Crippen LogP) is 4.94. The van der Waals surface area contributed by atoms with Gasteiger partial charge >= 0.3 is 5.97 Å². The highest BCUT2D eigenvalue weighted by atomic mass is 32.2. The Bertz CT molecular complexity index is 4970. The molecule has 1 saturated carbocycles. The third kappa shape index (κ3) is 23.2. The monoisotopic (exact) mass is 1650 g/mol. The van der Waals surface area contributed by atoms with Gasteiger partial charge in [0.05, 0.1) is 49.4 Å². The Morgan fingerprint density at radius 3 is 1.71 bits per heavy atom. The van der Waals surface area contributed by atoms with E-state index >= 15 is 24.0 Å². The maximum absolute atomic E-state index is 15.4. The molecule has 12 atom stereocenters. The van der Waals surface area contributed by atoms with Gasteiger partial charge in [0, 0.05) is 51.6 Å². The highest BCUT2D eigenvalue weighted by Gasteiger charge is 2.49. The van der Waals surface area contributed by atoms with Gasteiger partial charge in [0.25, 0.3) is 5.91 Å². The number of aliphatic carboxylic acids is 1. The van der Waals surface area contributed by atoms with Crippen LogP contribution >= 0.6 is 0 Å². The van der Waals surface area contributed by atoms with Crippen molar-refractivity contribution in [3.63, 3.8) is 0 Å². The zero-order chi connectivity index (χ0) is 85.6. The molecule has 7 aliphatic rings. The molecule has 7 aromatic rings. The Morgan fingerprint density at radius 1 is 0.597 bits per heavy atom. The number of fused-ring (bicyclic) bond motifs is 1. The number of nitrogens with zero attached hydrogens (tertiary/aromatic N) is 5. The SMILES string of the molecule is CN[C@@H](C)C(=O)N[C@H](C(=O)N1C[C@@H]2C[C@H]1C(=O)N[C@@H](Cc1ccc3ccccc3c1)C(=O)N[C@H](C(=O)O)Cc1ccc(cc1)OC/C=C/CO[C@H]1C[C@@H](C(=O)N[C@@H](Cc3ccc(-c4cccc(OC)c4)cc3)C(=O)N[C@H](C(=O)NS(=O)(=O)C3CC3)Cc3ccc(cc3)OCc3cn2nn3)N(C(=O)[C@@H](NC(=O)[C@H](C)NC)C(C)(C)C)C1)C(C)(C)C. The maximum Gasteiger partial charge on any atom is 0.326 e. The summed E-state index contributed by atoms with van der Waals surface area (Å²) in [6, 6.07) is 27.8. The van der Waals surface area contributed by atoms with Crippen LogP contribution in [0.5, 0.6) is 17.2 Å². The number of amides is 9. The number of aromatic nitrogens is 3. The summed E-state index contributed by atoms with van der Waals surface area (Å²) >= 11 is 0. The van der Waals surface area contributed by atoms with Crippen molar-refractivity contribution < 1.29 is 80.4 Å². The predicted molar refractivity (Wildman–Crippen MR) is 443 cm³/mol. The molecule has 0 spiro atoms. The summed E-state index contributed by atoms with van der Waals surface area (Å²) in [7, 11) is 0.573. The zero-order valence-electron chi connectivity index (χ0n) is 68.8. The van der Waals surface area contributed by atoms with Crippen LogP contribution in [-0.2, 0) is 95.0 Å². The van der Waals surface area contributed by atoms with Gasteiger partial charge in [-0.1, -0.05) is 156 Å². The van der Waals surface area contributed by atoms with Crippen molar-refractivity contribution in [3.05, 3.63) is 186 Å². The summed E-state index contributed by atoms with van der Waals surface area (Å²) in [5.41, 5.74) is 2.29. The Hall–Kier alpha value is -11.6. The number of carboxylic acid groups (broad SMARTS) is 1. The van der Waals surface area contributed by atoms with Gasteiger partial charge in [-0.2, -0.15) is 0 Å². The van der Waals surface area contributed by atoms with E-state index in [9.17, 15) is 37.5 Å². The number of hydrogen-bond acceptors (Lipinski definition) is 20. The average molecular weight is 1650 g/mol. The Kier molecular flexibility index (Phi) is 28.8. The Balaban J connectivity index is 0.926. The van der Waals surface area contributed by atoms with E-state index in [1.807, 2.05) is 78.9 Å². The largest absolute Gasteiger partial charge is 0.497 e. The number of hydrogen-bond donors (Lipinski definition) is 10. The maximum atomic E-state index is 15.4. The van der Waals surface area contributed by atoms with Crippen LogP contribution in [0.3, 0.4) is 0 Å². The second-order valence-corrected chi connectivity index (χ2v) is 35.0. The molecule has 6 aliphatic heterocycles. The van der Waals surface area contributed by atoms with Crippen molar-refractivity contribution in [2.75, 3.05) is 47.5 Å². The molecule has 1 aliphatic carbocycles. The highest BCUT2D eigenvalue weighted by Crippen LogP contribution is 2.34. The third-order valence-electron chi connectivity index (χ3n) is 21.9. The second kappa shape index (κ2) is 38.9. The number of likely N-dealkylation sites (N-methyl/N-ethyl adjacent to an activating group) is 2. The lowest BCUT2D eigenvalue weighted by Gasteiger charge is -2.36. The lowest BCUT2D eigenvalue weighted by molar-refractivity contribution is -0.145. The third-order valence-corrected chi connectivity index (χ3v) is 23.8. The van der Waals surface area contributed by atoms with E-state index in [1.54, 1.807) is 156 Å². The fraction of sp³-hybridized carbons (Fsp3) is 0.448. The summed E-state index contributed by atoms with van der Waals surface area (Å²) in [5, 5.41) is 43.4. The Morgan fingerprint density at radius 2 is 1.13 bits per heavy atom. The molecule has 1 aromatic heterocycles. The van der Waals surface area contributed by atoms with E-state index in [0.717, 1.165) is 21.9 Å². The van der Waals surface area contributed by atoms with E-state index in [1.165, 1.54) is 14.5 Å². The zero-order valence-corrected chi connectivity index (χ0v) is 69.6. The molecule has 10 N–H and O–H groups in total. The molecule has 0 unspecified atom stereocenters. The molecule has 6 aromatic carbocycles. The van der Waals surface area contributed by atoms with Crippen molar-refractivity contribution >= 4 is 79.9 Å². The fourth-order valence-electron chi connectivity index (χ4n) is 14.5. The first kappa shape index (κ1) is 88.2. The standard InChI is InChI=1S/C87H108N14O17S/c1-51(88-9)76(102)94-74(86(3,4)5)83(109)99-48-62-45-72(99)81(107)92-69(43-56-23-30-57-17-12-13-18-59(57)39-56)79(105)93-71(85(111)112)42-55-24-31-63(32-25-55)116-37-14-15-38-117-66-46-73(100(49-66)84(110)75(87(6,7)8)95-77(103)52(2)89-10)82(108)91-68(40-53-21-28-58(29-22-53)60-19-16-20-65(44-60)115-11)78(104)90-70(80(106)97-119(113,114)67-35-36-67)41-54-26-33-64(34-27-54)118-50-61-47-101(62)98-96-61/h12-34,39,44,47,51-52,62,66-75,88-89H,35-38,40-43,45-46,48-50H2,1-11H3,(H,90,104)(H,91,108)(H,92,107)(H,93,105)(H,94,102)(H,95,103)(H,97,106)(H,111,112)/b15-14+/t51-,52-,62-,66-,68-,69-,70-,71-,72-,73-,74+,75+/m0/s1. The highest BCUT2D eigenvalue weighted by molar-refractivity contribution is 7.91. The molecule has 3 fully saturated rings. The molecule has 10 bridgehead atoms. The summed E-state index contributed by atoms with van der Waals surface area (Å²) in [5.74, 6) is -6.42. The van der Waals surface area contributed by atoms with Crippen molar-refractivity contribution in [1.29, 1.82) is 0 Å². The summed E-state index contributed by atoms with van der Waals surface area (Å²) in [6.07, 6.45) is 3.97. The van der Waals surface area contributed by atoms with Crippen LogP contribution in [0.15, 0.2) is 158 Å². The number of carbonyl (C=O) groups is 10. The molecule has 31 nitrogen and oxygen atoms in total. The van der Waals surface area contributed by atoms with Gasteiger partial charge in [0.2, 0.25) is 57.3 Å². The molecule has 119 heavy (non-hydrogen) atoms.